The van der Waals surface area contributed by atoms with E-state index in [-0.39, 0.29) is 5.91 Å². The van der Waals surface area contributed by atoms with Crippen molar-refractivity contribution in [2.45, 2.75) is 13.8 Å². The minimum Gasteiger partial charge on any atom is -0.465 e. The highest BCUT2D eigenvalue weighted by molar-refractivity contribution is 7.15. The highest BCUT2D eigenvalue weighted by atomic mass is 32.1. The van der Waals surface area contributed by atoms with Gasteiger partial charge in [-0.05, 0) is 42.0 Å². The minimum absolute atomic E-state index is 0.228. The summed E-state index contributed by atoms with van der Waals surface area (Å²) in [6.45, 7) is 4.07. The number of methoxy groups -OCH3 is 1. The third-order valence-electron chi connectivity index (χ3n) is 3.97. The number of nitrogens with one attached hydrogen (secondary N) is 1. The van der Waals surface area contributed by atoms with Gasteiger partial charge in [-0.3, -0.25) is 4.79 Å². The van der Waals surface area contributed by atoms with Gasteiger partial charge in [0, 0.05) is 10.9 Å². The standard InChI is InChI=1S/C19H17NO3S2/c1-11-6-7-13(9-12(11)2)14-10-25-18(16(14)19(22)23-3)20-17(21)15-5-4-8-24-15/h4-10H,1-3H3,(H,20,21). The van der Waals surface area contributed by atoms with Crippen LogP contribution in [-0.2, 0) is 4.74 Å². The molecule has 0 saturated heterocycles. The molecule has 0 saturated carbocycles. The number of ether oxygens (including phenoxy) is 1. The Kier molecular flexibility index (Phi) is 5.01. The lowest BCUT2D eigenvalue weighted by atomic mass is 9.99. The van der Waals surface area contributed by atoms with Gasteiger partial charge in [0.2, 0.25) is 0 Å². The van der Waals surface area contributed by atoms with Crippen LogP contribution in [0.5, 0.6) is 0 Å². The van der Waals surface area contributed by atoms with Crippen LogP contribution in [0, 0.1) is 13.8 Å². The van der Waals surface area contributed by atoms with Crippen molar-refractivity contribution in [3.8, 4) is 11.1 Å². The molecule has 25 heavy (non-hydrogen) atoms. The number of benzene rings is 1. The summed E-state index contributed by atoms with van der Waals surface area (Å²) in [6, 6.07) is 9.59. The Morgan fingerprint density at radius 2 is 1.88 bits per heavy atom. The van der Waals surface area contributed by atoms with Gasteiger partial charge in [0.1, 0.15) is 10.6 Å². The Morgan fingerprint density at radius 1 is 1.08 bits per heavy atom. The fourth-order valence-electron chi connectivity index (χ4n) is 2.45. The molecule has 0 fully saturated rings. The van der Waals surface area contributed by atoms with E-state index in [1.165, 1.54) is 35.3 Å². The van der Waals surface area contributed by atoms with E-state index in [2.05, 4.69) is 5.32 Å². The van der Waals surface area contributed by atoms with Crippen LogP contribution in [0.4, 0.5) is 5.00 Å². The summed E-state index contributed by atoms with van der Waals surface area (Å²) >= 11 is 2.68. The molecule has 4 nitrogen and oxygen atoms in total. The summed E-state index contributed by atoms with van der Waals surface area (Å²) in [6.07, 6.45) is 0. The van der Waals surface area contributed by atoms with Gasteiger partial charge in [-0.2, -0.15) is 0 Å². The van der Waals surface area contributed by atoms with Gasteiger partial charge in [0.25, 0.3) is 5.91 Å². The summed E-state index contributed by atoms with van der Waals surface area (Å²) in [5.41, 5.74) is 4.41. The van der Waals surface area contributed by atoms with Gasteiger partial charge in [0.05, 0.1) is 12.0 Å². The highest BCUT2D eigenvalue weighted by Crippen LogP contribution is 2.37. The molecule has 0 spiro atoms. The first-order valence-corrected chi connectivity index (χ1v) is 9.39. The van der Waals surface area contributed by atoms with Crippen LogP contribution in [0.1, 0.15) is 31.2 Å². The van der Waals surface area contributed by atoms with Crippen molar-refractivity contribution < 1.29 is 14.3 Å². The van der Waals surface area contributed by atoms with Crippen LogP contribution >= 0.6 is 22.7 Å². The monoisotopic (exact) mass is 371 g/mol. The maximum Gasteiger partial charge on any atom is 0.341 e. The van der Waals surface area contributed by atoms with Crippen molar-refractivity contribution in [2.75, 3.05) is 12.4 Å². The number of carbonyl (C=O) groups excluding carboxylic acids is 2. The minimum atomic E-state index is -0.462. The van der Waals surface area contributed by atoms with Gasteiger partial charge < -0.3 is 10.1 Å². The molecule has 0 aliphatic rings. The van der Waals surface area contributed by atoms with Crippen LogP contribution in [0.3, 0.4) is 0 Å². The average molecular weight is 371 g/mol. The first-order valence-electron chi connectivity index (χ1n) is 7.63. The van der Waals surface area contributed by atoms with E-state index >= 15 is 0 Å². The number of carbonyl (C=O) groups is 2. The van der Waals surface area contributed by atoms with E-state index < -0.39 is 5.97 Å². The van der Waals surface area contributed by atoms with E-state index in [1.54, 1.807) is 6.07 Å². The number of anilines is 1. The molecule has 1 aromatic carbocycles. The molecule has 0 radical (unpaired) electrons. The molecule has 0 atom stereocenters. The smallest absolute Gasteiger partial charge is 0.341 e. The van der Waals surface area contributed by atoms with Crippen LogP contribution in [-0.4, -0.2) is 19.0 Å². The maximum absolute atomic E-state index is 12.3. The summed E-state index contributed by atoms with van der Waals surface area (Å²) in [5, 5.41) is 7.05. The lowest BCUT2D eigenvalue weighted by molar-refractivity contribution is 0.0603. The number of rotatable bonds is 4. The van der Waals surface area contributed by atoms with Gasteiger partial charge >= 0.3 is 5.97 Å². The quantitative estimate of drug-likeness (QED) is 0.647. The van der Waals surface area contributed by atoms with Crippen LogP contribution < -0.4 is 5.32 Å². The van der Waals surface area contributed by atoms with Gasteiger partial charge in [-0.1, -0.05) is 24.3 Å². The zero-order chi connectivity index (χ0) is 18.0. The second-order valence-corrected chi connectivity index (χ2v) is 7.40. The van der Waals surface area contributed by atoms with E-state index in [1.807, 2.05) is 48.9 Å². The van der Waals surface area contributed by atoms with Crippen molar-refractivity contribution in [3.63, 3.8) is 0 Å². The Labute approximate surface area is 154 Å². The normalized spacial score (nSPS) is 10.5. The summed E-state index contributed by atoms with van der Waals surface area (Å²) in [4.78, 5) is 25.3. The molecule has 3 aromatic rings. The summed E-state index contributed by atoms with van der Waals surface area (Å²) in [5.74, 6) is -0.690. The summed E-state index contributed by atoms with van der Waals surface area (Å²) < 4.78 is 4.94. The Bertz CT molecular complexity index is 926. The lowest BCUT2D eigenvalue weighted by Crippen LogP contribution is -2.13. The number of aryl methyl sites for hydroxylation is 2. The van der Waals surface area contributed by atoms with E-state index in [9.17, 15) is 9.59 Å². The lowest BCUT2D eigenvalue weighted by Gasteiger charge is -2.08. The van der Waals surface area contributed by atoms with Crippen LogP contribution in [0.15, 0.2) is 41.1 Å². The zero-order valence-corrected chi connectivity index (χ0v) is 15.7. The average Bonchev–Trinajstić information content (AvgIpc) is 3.26. The number of hydrogen-bond acceptors (Lipinski definition) is 5. The van der Waals surface area contributed by atoms with E-state index in [4.69, 9.17) is 4.74 Å². The molecule has 0 aliphatic carbocycles. The molecular formula is C19H17NO3S2. The molecule has 0 bridgehead atoms. The third-order valence-corrected chi connectivity index (χ3v) is 5.73. The first kappa shape index (κ1) is 17.4. The molecule has 0 aliphatic heterocycles. The Morgan fingerprint density at radius 3 is 2.52 bits per heavy atom. The molecule has 3 rings (SSSR count). The molecule has 1 N–H and O–H groups in total. The number of hydrogen-bond donors (Lipinski definition) is 1. The van der Waals surface area contributed by atoms with Crippen LogP contribution in [0.25, 0.3) is 11.1 Å². The van der Waals surface area contributed by atoms with E-state index in [0.29, 0.717) is 15.4 Å². The van der Waals surface area contributed by atoms with Crippen molar-refractivity contribution in [1.82, 2.24) is 0 Å². The van der Waals surface area contributed by atoms with Crippen molar-refractivity contribution >= 4 is 39.6 Å². The van der Waals surface area contributed by atoms with Gasteiger partial charge in [-0.15, -0.1) is 22.7 Å². The van der Waals surface area contributed by atoms with Crippen molar-refractivity contribution in [1.29, 1.82) is 0 Å². The molecule has 2 aromatic heterocycles. The Hall–Kier alpha value is -2.44. The molecule has 1 amide bonds. The second kappa shape index (κ2) is 7.21. The fraction of sp³-hybridized carbons (Fsp3) is 0.158. The van der Waals surface area contributed by atoms with Crippen LogP contribution in [0.2, 0.25) is 0 Å². The molecule has 0 unspecified atom stereocenters. The zero-order valence-electron chi connectivity index (χ0n) is 14.1. The fourth-order valence-corrected chi connectivity index (χ4v) is 4.02. The highest BCUT2D eigenvalue weighted by Gasteiger charge is 2.23. The van der Waals surface area contributed by atoms with Crippen molar-refractivity contribution in [3.05, 3.63) is 62.7 Å². The molecule has 128 valence electrons. The van der Waals surface area contributed by atoms with Gasteiger partial charge in [-0.25, -0.2) is 4.79 Å². The largest absolute Gasteiger partial charge is 0.465 e. The second-order valence-electron chi connectivity index (χ2n) is 5.58. The number of esters is 1. The Balaban J connectivity index is 2.02. The molecular weight excluding hydrogens is 354 g/mol. The third kappa shape index (κ3) is 3.50. The number of thiophene rings is 2. The summed E-state index contributed by atoms with van der Waals surface area (Å²) in [7, 11) is 1.34. The maximum atomic E-state index is 12.3. The van der Waals surface area contributed by atoms with Crippen molar-refractivity contribution in [2.24, 2.45) is 0 Å². The van der Waals surface area contributed by atoms with E-state index in [0.717, 1.165) is 16.7 Å². The predicted octanol–water partition coefficient (Wildman–Crippen LogP) is 5.13. The van der Waals surface area contributed by atoms with Gasteiger partial charge in [0.15, 0.2) is 0 Å². The molecule has 2 heterocycles. The predicted molar refractivity (Wildman–Crippen MR) is 103 cm³/mol. The number of amides is 1. The molecule has 6 heteroatoms. The first-order chi connectivity index (χ1) is 12.0. The SMILES string of the molecule is COC(=O)c1c(-c2ccc(C)c(C)c2)csc1NC(=O)c1cccs1. The topological polar surface area (TPSA) is 55.4 Å².